The van der Waals surface area contributed by atoms with Crippen LogP contribution in [0.4, 0.5) is 23.1 Å². The highest BCUT2D eigenvalue weighted by molar-refractivity contribution is 6.04. The summed E-state index contributed by atoms with van der Waals surface area (Å²) in [6.45, 7) is 3.48. The van der Waals surface area contributed by atoms with Crippen molar-refractivity contribution in [3.63, 3.8) is 0 Å². The molecule has 2 aromatic rings. The number of nitriles is 1. The fourth-order valence-corrected chi connectivity index (χ4v) is 4.78. The van der Waals surface area contributed by atoms with Crippen molar-refractivity contribution >= 4 is 35.3 Å². The zero-order valence-corrected chi connectivity index (χ0v) is 19.8. The number of nitrogens with zero attached hydrogens (tertiary/aromatic N) is 5. The van der Waals surface area contributed by atoms with E-state index in [1.807, 2.05) is 29.2 Å². The Hall–Kier alpha value is -3.71. The first kappa shape index (κ1) is 24.4. The van der Waals surface area contributed by atoms with E-state index in [4.69, 9.17) is 16.4 Å². The summed E-state index contributed by atoms with van der Waals surface area (Å²) in [5.74, 6) is 0.764. The quantitative estimate of drug-likeness (QED) is 0.424. The van der Waals surface area contributed by atoms with Crippen LogP contribution < -0.4 is 20.9 Å². The minimum absolute atomic E-state index is 0.0817. The Balaban J connectivity index is 1.54. The average molecular weight is 477 g/mol. The van der Waals surface area contributed by atoms with Crippen molar-refractivity contribution in [3.05, 3.63) is 35.5 Å². The van der Waals surface area contributed by atoms with E-state index >= 15 is 0 Å². The van der Waals surface area contributed by atoms with E-state index in [1.54, 1.807) is 0 Å². The van der Waals surface area contributed by atoms with Crippen molar-refractivity contribution in [1.29, 1.82) is 10.7 Å². The Bertz CT molecular complexity index is 1080. The van der Waals surface area contributed by atoms with Gasteiger partial charge >= 0.3 is 0 Å². The van der Waals surface area contributed by atoms with Gasteiger partial charge in [-0.15, -0.1) is 0 Å². The Morgan fingerprint density at radius 3 is 2.31 bits per heavy atom. The number of nitrogens with one attached hydrogen (secondary N) is 2. The predicted molar refractivity (Wildman–Crippen MR) is 135 cm³/mol. The molecule has 1 aromatic heterocycles. The van der Waals surface area contributed by atoms with Crippen LogP contribution >= 0.6 is 0 Å². The van der Waals surface area contributed by atoms with Gasteiger partial charge in [0.25, 0.3) is 5.91 Å². The number of aromatic nitrogens is 2. The number of primary amides is 1. The molecule has 2 aliphatic rings. The molecule has 0 spiro atoms. The van der Waals surface area contributed by atoms with Gasteiger partial charge in [0.05, 0.1) is 6.07 Å². The third-order valence-corrected chi connectivity index (χ3v) is 6.95. The van der Waals surface area contributed by atoms with Crippen LogP contribution in [0, 0.1) is 28.6 Å². The molecular formula is C25H32N8O2. The standard InChI is InChI=1S/C25H32N8O2/c26-10-5-17-6-13-33(14-7-17)25-30-21(15-27)22(23(28)35)24(31-25)29-19-1-3-20(4-2-19)32-11-8-18(16-34)9-12-32/h1-4,15,17-18,27,34H,5-9,11-14,16H2,(H2,28,35)(H,29,30,31). The molecule has 2 aliphatic heterocycles. The van der Waals surface area contributed by atoms with Gasteiger partial charge in [-0.3, -0.25) is 4.79 Å². The van der Waals surface area contributed by atoms with Crippen LogP contribution in [0.15, 0.2) is 24.3 Å². The zero-order chi connectivity index (χ0) is 24.8. The fourth-order valence-electron chi connectivity index (χ4n) is 4.78. The summed E-state index contributed by atoms with van der Waals surface area (Å²) >= 11 is 0. The summed E-state index contributed by atoms with van der Waals surface area (Å²) < 4.78 is 0. The maximum atomic E-state index is 12.2. The van der Waals surface area contributed by atoms with Gasteiger partial charge in [-0.2, -0.15) is 10.2 Å². The summed E-state index contributed by atoms with van der Waals surface area (Å²) in [6.07, 6.45) is 5.26. The minimum Gasteiger partial charge on any atom is -0.396 e. The van der Waals surface area contributed by atoms with Gasteiger partial charge in [0.2, 0.25) is 5.95 Å². The Morgan fingerprint density at radius 2 is 1.74 bits per heavy atom. The van der Waals surface area contributed by atoms with Gasteiger partial charge in [0.1, 0.15) is 17.1 Å². The first-order chi connectivity index (χ1) is 17.0. The smallest absolute Gasteiger partial charge is 0.254 e. The van der Waals surface area contributed by atoms with Gasteiger partial charge in [0, 0.05) is 56.8 Å². The van der Waals surface area contributed by atoms with E-state index in [2.05, 4.69) is 26.3 Å². The van der Waals surface area contributed by atoms with Crippen molar-refractivity contribution in [2.45, 2.75) is 32.1 Å². The highest BCUT2D eigenvalue weighted by Gasteiger charge is 2.25. The summed E-state index contributed by atoms with van der Waals surface area (Å²) in [7, 11) is 0. The first-order valence-electron chi connectivity index (χ1n) is 12.1. The zero-order valence-electron chi connectivity index (χ0n) is 19.8. The minimum atomic E-state index is -0.700. The molecule has 35 heavy (non-hydrogen) atoms. The number of amides is 1. The normalized spacial score (nSPS) is 17.1. The lowest BCUT2D eigenvalue weighted by molar-refractivity contribution is 0.100. The molecule has 1 amide bonds. The number of carbonyl (C=O) groups is 1. The molecule has 1 aromatic carbocycles. The van der Waals surface area contributed by atoms with Crippen LogP contribution in [0.1, 0.15) is 48.2 Å². The van der Waals surface area contributed by atoms with Gasteiger partial charge in [-0.1, -0.05) is 0 Å². The molecule has 10 heteroatoms. The molecule has 5 N–H and O–H groups in total. The Kier molecular flexibility index (Phi) is 7.77. The molecule has 2 fully saturated rings. The van der Waals surface area contributed by atoms with Crippen molar-refractivity contribution in [1.82, 2.24) is 9.97 Å². The number of nitrogens with two attached hydrogens (primary N) is 1. The molecule has 0 radical (unpaired) electrons. The number of aliphatic hydroxyl groups is 1. The molecule has 2 saturated heterocycles. The SMILES string of the molecule is N#CCC1CCN(c2nc(C=N)c(C(N)=O)c(Nc3ccc(N4CCC(CO)CC4)cc3)n2)CC1. The topological polar surface area (TPSA) is 155 Å². The van der Waals surface area contributed by atoms with Gasteiger partial charge in [-0.25, -0.2) is 4.98 Å². The highest BCUT2D eigenvalue weighted by atomic mass is 16.3. The number of carbonyl (C=O) groups excluding carboxylic acids is 1. The number of anilines is 4. The van der Waals surface area contributed by atoms with Crippen molar-refractivity contribution < 1.29 is 9.90 Å². The maximum Gasteiger partial charge on any atom is 0.254 e. The number of rotatable bonds is 8. The molecule has 0 saturated carbocycles. The third-order valence-electron chi connectivity index (χ3n) is 6.95. The van der Waals surface area contributed by atoms with Crippen LogP contribution in [0.5, 0.6) is 0 Å². The molecule has 3 heterocycles. The second-order valence-electron chi connectivity index (χ2n) is 9.22. The number of hydrogen-bond acceptors (Lipinski definition) is 9. The number of benzene rings is 1. The molecule has 0 atom stereocenters. The highest BCUT2D eigenvalue weighted by Crippen LogP contribution is 2.29. The van der Waals surface area contributed by atoms with Crippen molar-refractivity contribution in [2.75, 3.05) is 47.9 Å². The summed E-state index contributed by atoms with van der Waals surface area (Å²) in [5.41, 5.74) is 7.74. The largest absolute Gasteiger partial charge is 0.396 e. The average Bonchev–Trinajstić information content (AvgIpc) is 2.89. The van der Waals surface area contributed by atoms with Crippen LogP contribution in [0.2, 0.25) is 0 Å². The first-order valence-corrected chi connectivity index (χ1v) is 12.1. The lowest BCUT2D eigenvalue weighted by Gasteiger charge is -2.33. The van der Waals surface area contributed by atoms with Crippen LogP contribution in [0.25, 0.3) is 0 Å². The third kappa shape index (κ3) is 5.69. The second-order valence-corrected chi connectivity index (χ2v) is 9.22. The lowest BCUT2D eigenvalue weighted by Crippen LogP contribution is -2.35. The Morgan fingerprint density at radius 1 is 1.11 bits per heavy atom. The van der Waals surface area contributed by atoms with E-state index in [1.165, 1.54) is 0 Å². The maximum absolute atomic E-state index is 12.2. The molecule has 10 nitrogen and oxygen atoms in total. The van der Waals surface area contributed by atoms with E-state index in [0.717, 1.165) is 56.4 Å². The molecule has 0 bridgehead atoms. The molecule has 4 rings (SSSR count). The summed E-state index contributed by atoms with van der Waals surface area (Å²) in [6, 6.07) is 10.1. The number of aliphatic hydroxyl groups excluding tert-OH is 1. The number of hydrogen-bond donors (Lipinski definition) is 4. The molecular weight excluding hydrogens is 444 g/mol. The van der Waals surface area contributed by atoms with Crippen LogP contribution in [0.3, 0.4) is 0 Å². The number of piperidine rings is 2. The van der Waals surface area contributed by atoms with E-state index in [9.17, 15) is 9.90 Å². The van der Waals surface area contributed by atoms with Gasteiger partial charge in [-0.05, 0) is 61.8 Å². The van der Waals surface area contributed by atoms with Crippen molar-refractivity contribution in [3.8, 4) is 6.07 Å². The summed E-state index contributed by atoms with van der Waals surface area (Å²) in [5, 5.41) is 29.3. The van der Waals surface area contributed by atoms with E-state index in [0.29, 0.717) is 37.3 Å². The van der Waals surface area contributed by atoms with Crippen LogP contribution in [-0.4, -0.2) is 60.0 Å². The molecule has 0 aliphatic carbocycles. The van der Waals surface area contributed by atoms with Gasteiger partial charge in [0.15, 0.2) is 0 Å². The Labute approximate surface area is 205 Å². The molecule has 184 valence electrons. The second kappa shape index (κ2) is 11.1. The summed E-state index contributed by atoms with van der Waals surface area (Å²) in [4.78, 5) is 25.6. The van der Waals surface area contributed by atoms with Crippen molar-refractivity contribution in [2.24, 2.45) is 17.6 Å². The van der Waals surface area contributed by atoms with Crippen LogP contribution in [-0.2, 0) is 0 Å². The lowest BCUT2D eigenvalue weighted by atomic mass is 9.94. The van der Waals surface area contributed by atoms with Gasteiger partial charge < -0.3 is 31.4 Å². The monoisotopic (exact) mass is 476 g/mol. The fraction of sp³-hybridized carbons (Fsp3) is 0.480. The van der Waals surface area contributed by atoms with E-state index in [-0.39, 0.29) is 23.7 Å². The molecule has 0 unspecified atom stereocenters. The van der Waals surface area contributed by atoms with E-state index < -0.39 is 5.91 Å². The predicted octanol–water partition coefficient (Wildman–Crippen LogP) is 2.66.